The van der Waals surface area contributed by atoms with E-state index in [1.807, 2.05) is 12.1 Å². The van der Waals surface area contributed by atoms with E-state index in [0.717, 1.165) is 25.0 Å². The summed E-state index contributed by atoms with van der Waals surface area (Å²) in [6.07, 6.45) is 1.31. The molecule has 0 radical (unpaired) electrons. The van der Waals surface area contributed by atoms with E-state index in [0.29, 0.717) is 34.9 Å². The minimum absolute atomic E-state index is 0.164. The summed E-state index contributed by atoms with van der Waals surface area (Å²) in [5.74, 6) is -0.164. The number of sulfonamides is 1. The highest BCUT2D eigenvalue weighted by molar-refractivity contribution is 7.92. The van der Waals surface area contributed by atoms with Crippen LogP contribution >= 0.6 is 11.6 Å². The van der Waals surface area contributed by atoms with Gasteiger partial charge in [0.25, 0.3) is 5.91 Å². The Labute approximate surface area is 186 Å². The van der Waals surface area contributed by atoms with E-state index >= 15 is 0 Å². The van der Waals surface area contributed by atoms with Gasteiger partial charge in [-0.3, -0.25) is 9.10 Å². The number of nitrogens with zero attached hydrogens (tertiary/aromatic N) is 4. The molecule has 0 spiro atoms. The topological polar surface area (TPSA) is 95.1 Å². The molecular weight excluding hydrogens is 442 g/mol. The highest BCUT2D eigenvalue weighted by Gasteiger charge is 2.31. The van der Waals surface area contributed by atoms with Gasteiger partial charge < -0.3 is 19.9 Å². The lowest BCUT2D eigenvalue weighted by molar-refractivity contribution is 0.0787. The Bertz CT molecular complexity index is 1150. The zero-order chi connectivity index (χ0) is 22.5. The van der Waals surface area contributed by atoms with Gasteiger partial charge in [0.15, 0.2) is 0 Å². The van der Waals surface area contributed by atoms with Crippen molar-refractivity contribution in [3.63, 3.8) is 0 Å². The molecule has 1 amide bonds. The van der Waals surface area contributed by atoms with Crippen molar-refractivity contribution in [2.45, 2.75) is 12.6 Å². The van der Waals surface area contributed by atoms with Crippen LogP contribution in [-0.2, 0) is 21.3 Å². The lowest BCUT2D eigenvalue weighted by Crippen LogP contribution is -2.51. The fraction of sp³-hybridized carbons (Fsp3) is 0.400. The Hall–Kier alpha value is -2.56. The number of amides is 1. The number of rotatable bonds is 6. The third-order valence-electron chi connectivity index (χ3n) is 5.64. The monoisotopic (exact) mass is 465 g/mol. The van der Waals surface area contributed by atoms with E-state index in [4.69, 9.17) is 16.3 Å². The molecule has 1 N–H and O–H groups in total. The highest BCUT2D eigenvalue weighted by atomic mass is 35.5. The number of carbonyl (C=O) groups excluding carboxylic acids is 1. The predicted molar refractivity (Wildman–Crippen MR) is 121 cm³/mol. The molecule has 1 saturated heterocycles. The quantitative estimate of drug-likeness (QED) is 0.654. The van der Waals surface area contributed by atoms with Crippen LogP contribution in [0.25, 0.3) is 0 Å². The Morgan fingerprint density at radius 3 is 2.61 bits per heavy atom. The normalized spacial score (nSPS) is 16.4. The molecule has 1 aromatic carbocycles. The minimum atomic E-state index is -3.52. The molecule has 31 heavy (non-hydrogen) atoms. The van der Waals surface area contributed by atoms with Crippen LogP contribution in [0.4, 0.5) is 22.7 Å². The molecule has 166 valence electrons. The average molecular weight is 466 g/mol. The molecule has 0 unspecified atom stereocenters. The van der Waals surface area contributed by atoms with Crippen LogP contribution in [0.15, 0.2) is 24.3 Å². The average Bonchev–Trinajstić information content (AvgIpc) is 2.94. The number of hydrogen-bond acceptors (Lipinski definition) is 7. The van der Waals surface area contributed by atoms with E-state index in [1.165, 1.54) is 11.4 Å². The van der Waals surface area contributed by atoms with E-state index in [2.05, 4.69) is 15.2 Å². The lowest BCUT2D eigenvalue weighted by atomic mass is 10.1. The van der Waals surface area contributed by atoms with Crippen molar-refractivity contribution in [3.8, 4) is 0 Å². The second-order valence-corrected chi connectivity index (χ2v) is 10.2. The second-order valence-electron chi connectivity index (χ2n) is 7.80. The molecule has 1 fully saturated rings. The fourth-order valence-electron chi connectivity index (χ4n) is 3.71. The number of nitrogens with one attached hydrogen (secondary N) is 1. The van der Waals surface area contributed by atoms with Crippen molar-refractivity contribution in [2.24, 2.45) is 0 Å². The molecular formula is C20H24ClN5O4S. The molecule has 1 aromatic heterocycles. The molecule has 3 heterocycles. The van der Waals surface area contributed by atoms with Crippen molar-refractivity contribution in [2.75, 3.05) is 55.1 Å². The summed E-state index contributed by atoms with van der Waals surface area (Å²) in [6, 6.07) is 7.10. The number of hydrogen-bond donors (Lipinski definition) is 1. The van der Waals surface area contributed by atoms with Gasteiger partial charge in [-0.2, -0.15) is 0 Å². The van der Waals surface area contributed by atoms with Crippen LogP contribution in [0, 0.1) is 0 Å². The lowest BCUT2D eigenvalue weighted by Gasteiger charge is -2.40. The number of aromatic nitrogens is 1. The summed E-state index contributed by atoms with van der Waals surface area (Å²) in [7, 11) is 1.35. The maximum atomic E-state index is 12.6. The maximum absolute atomic E-state index is 12.6. The zero-order valence-electron chi connectivity index (χ0n) is 17.7. The van der Waals surface area contributed by atoms with E-state index in [1.54, 1.807) is 31.2 Å². The van der Waals surface area contributed by atoms with Crippen LogP contribution in [0.2, 0.25) is 5.15 Å². The zero-order valence-corrected chi connectivity index (χ0v) is 19.3. The molecule has 0 bridgehead atoms. The Morgan fingerprint density at radius 2 is 1.97 bits per heavy atom. The number of pyridine rings is 1. The molecule has 0 saturated carbocycles. The minimum Gasteiger partial charge on any atom is -0.378 e. The van der Waals surface area contributed by atoms with Gasteiger partial charge in [0.2, 0.25) is 10.0 Å². The Morgan fingerprint density at radius 1 is 1.26 bits per heavy atom. The molecule has 9 nitrogen and oxygen atoms in total. The molecule has 2 aliphatic rings. The number of methoxy groups -OCH3 is 1. The van der Waals surface area contributed by atoms with Gasteiger partial charge in [0.05, 0.1) is 47.2 Å². The Balaban J connectivity index is 1.75. The standard InChI is InChI=1S/C20H24ClN5O4S/c1-24-11-16-19(20(24)27)15(8-18(21)23-16)22-14-6-5-12(26-9-13(10-26)30-3)7-17(14)25(2)31(4,28)29/h5-8,13H,9-11H2,1-4H3,(H,22,23). The third-order valence-corrected chi connectivity index (χ3v) is 7.03. The van der Waals surface area contributed by atoms with Crippen LogP contribution in [0.1, 0.15) is 16.1 Å². The summed E-state index contributed by atoms with van der Waals surface area (Å²) < 4.78 is 31.2. The first-order valence-electron chi connectivity index (χ1n) is 9.66. The number of benzene rings is 1. The van der Waals surface area contributed by atoms with Gasteiger partial charge in [-0.15, -0.1) is 0 Å². The largest absolute Gasteiger partial charge is 0.378 e. The second kappa shape index (κ2) is 7.85. The third kappa shape index (κ3) is 4.02. The number of carbonyl (C=O) groups is 1. The van der Waals surface area contributed by atoms with Crippen molar-refractivity contribution < 1.29 is 17.9 Å². The van der Waals surface area contributed by atoms with Crippen LogP contribution < -0.4 is 14.5 Å². The summed E-state index contributed by atoms with van der Waals surface area (Å²) in [4.78, 5) is 20.6. The van der Waals surface area contributed by atoms with Gasteiger partial charge in [-0.25, -0.2) is 13.4 Å². The van der Waals surface area contributed by atoms with Gasteiger partial charge in [0.1, 0.15) is 5.15 Å². The van der Waals surface area contributed by atoms with Crippen LogP contribution in [-0.4, -0.2) is 70.9 Å². The summed E-state index contributed by atoms with van der Waals surface area (Å²) in [5.41, 5.74) is 3.40. The number of halogens is 1. The van der Waals surface area contributed by atoms with Crippen LogP contribution in [0.3, 0.4) is 0 Å². The van der Waals surface area contributed by atoms with E-state index in [-0.39, 0.29) is 17.2 Å². The molecule has 2 aliphatic heterocycles. The van der Waals surface area contributed by atoms with Crippen LogP contribution in [0.5, 0.6) is 0 Å². The molecule has 0 atom stereocenters. The molecule has 0 aliphatic carbocycles. The van der Waals surface area contributed by atoms with Crippen molar-refractivity contribution in [1.82, 2.24) is 9.88 Å². The molecule has 4 rings (SSSR count). The first-order valence-corrected chi connectivity index (χ1v) is 11.9. The van der Waals surface area contributed by atoms with Gasteiger partial charge in [-0.05, 0) is 24.3 Å². The van der Waals surface area contributed by atoms with Gasteiger partial charge in [-0.1, -0.05) is 11.6 Å². The summed E-state index contributed by atoms with van der Waals surface area (Å²) >= 11 is 6.18. The molecule has 2 aromatic rings. The van der Waals surface area contributed by atoms with E-state index in [9.17, 15) is 13.2 Å². The van der Waals surface area contributed by atoms with Gasteiger partial charge >= 0.3 is 0 Å². The van der Waals surface area contributed by atoms with Crippen molar-refractivity contribution in [1.29, 1.82) is 0 Å². The summed E-state index contributed by atoms with van der Waals surface area (Å²) in [5, 5.41) is 3.47. The highest BCUT2D eigenvalue weighted by Crippen LogP contribution is 2.38. The Kier molecular flexibility index (Phi) is 5.48. The van der Waals surface area contributed by atoms with Gasteiger partial charge in [0, 0.05) is 40.0 Å². The molecule has 11 heteroatoms. The SMILES string of the molecule is COC1CN(c2ccc(Nc3cc(Cl)nc4c3C(=O)N(C)C4)c(N(C)S(C)(=O)=O)c2)C1. The van der Waals surface area contributed by atoms with Crippen molar-refractivity contribution in [3.05, 3.63) is 40.7 Å². The summed E-state index contributed by atoms with van der Waals surface area (Å²) in [6.45, 7) is 1.84. The van der Waals surface area contributed by atoms with Crippen molar-refractivity contribution >= 4 is 50.3 Å². The predicted octanol–water partition coefficient (Wildman–Crippen LogP) is 2.29. The first kappa shape index (κ1) is 21.7. The fourth-order valence-corrected chi connectivity index (χ4v) is 4.43. The number of ether oxygens (including phenoxy) is 1. The smallest absolute Gasteiger partial charge is 0.257 e. The number of anilines is 4. The number of fused-ring (bicyclic) bond motifs is 1. The van der Waals surface area contributed by atoms with E-state index < -0.39 is 10.0 Å². The maximum Gasteiger partial charge on any atom is 0.257 e. The first-order chi connectivity index (χ1) is 14.6.